The van der Waals surface area contributed by atoms with E-state index in [1.807, 2.05) is 0 Å². The van der Waals surface area contributed by atoms with Crippen LogP contribution in [0.4, 0.5) is 23.4 Å². The minimum atomic E-state index is -1.40. The van der Waals surface area contributed by atoms with Gasteiger partial charge in [-0.05, 0) is 61.0 Å². The van der Waals surface area contributed by atoms with Crippen LogP contribution < -0.4 is 5.32 Å². The average molecular weight is 477 g/mol. The first-order valence-corrected chi connectivity index (χ1v) is 10.3. The molecular weight excluding hydrogens is 462 g/mol. The molecule has 0 aliphatic carbocycles. The number of carbonyl (C=O) groups is 1. The number of halogens is 4. The molecule has 174 valence electrons. The number of nitrogens with zero attached hydrogens (tertiary/aromatic N) is 4. The molecule has 3 heterocycles. The van der Waals surface area contributed by atoms with Gasteiger partial charge in [0, 0.05) is 29.6 Å². The van der Waals surface area contributed by atoms with E-state index in [9.17, 15) is 22.4 Å². The predicted molar refractivity (Wildman–Crippen MR) is 121 cm³/mol. The summed E-state index contributed by atoms with van der Waals surface area (Å²) < 4.78 is 56.2. The van der Waals surface area contributed by atoms with Gasteiger partial charge in [0.1, 0.15) is 23.1 Å². The van der Waals surface area contributed by atoms with Gasteiger partial charge in [-0.3, -0.25) is 4.79 Å². The van der Waals surface area contributed by atoms with Crippen LogP contribution in [0.2, 0.25) is 0 Å². The lowest BCUT2D eigenvalue weighted by molar-refractivity contribution is 0.102. The molecule has 0 unspecified atom stereocenters. The van der Waals surface area contributed by atoms with Gasteiger partial charge in [-0.2, -0.15) is 5.10 Å². The molecule has 5 rings (SSSR count). The molecular formula is C25H15F4N5O. The van der Waals surface area contributed by atoms with Crippen molar-refractivity contribution < 1.29 is 22.4 Å². The van der Waals surface area contributed by atoms with Gasteiger partial charge in [0.05, 0.1) is 11.3 Å². The molecule has 0 radical (unpaired) electrons. The number of rotatable bonds is 4. The summed E-state index contributed by atoms with van der Waals surface area (Å²) in [5.41, 5.74) is 2.56. The number of carbonyl (C=O) groups excluding carboxylic acids is 1. The van der Waals surface area contributed by atoms with Gasteiger partial charge in [-0.25, -0.2) is 32.0 Å². The van der Waals surface area contributed by atoms with Crippen molar-refractivity contribution in [3.63, 3.8) is 0 Å². The second-order valence-corrected chi connectivity index (χ2v) is 7.70. The first-order chi connectivity index (χ1) is 16.8. The summed E-state index contributed by atoms with van der Waals surface area (Å²) in [5, 5.41) is 6.75. The average Bonchev–Trinajstić information content (AvgIpc) is 3.23. The largest absolute Gasteiger partial charge is 0.306 e. The summed E-state index contributed by atoms with van der Waals surface area (Å²) in [4.78, 5) is 21.2. The summed E-state index contributed by atoms with van der Waals surface area (Å²) in [6.45, 7) is 1.64. The Morgan fingerprint density at radius 1 is 0.857 bits per heavy atom. The highest BCUT2D eigenvalue weighted by molar-refractivity contribution is 6.04. The summed E-state index contributed by atoms with van der Waals surface area (Å²) in [5.74, 6) is -5.29. The number of imidazole rings is 1. The predicted octanol–water partition coefficient (Wildman–Crippen LogP) is 5.58. The van der Waals surface area contributed by atoms with Gasteiger partial charge in [0.25, 0.3) is 5.91 Å². The Morgan fingerprint density at radius 3 is 2.46 bits per heavy atom. The van der Waals surface area contributed by atoms with Gasteiger partial charge in [0.2, 0.25) is 0 Å². The van der Waals surface area contributed by atoms with E-state index in [1.165, 1.54) is 18.3 Å². The molecule has 0 aliphatic heterocycles. The minimum absolute atomic E-state index is 0.0313. The summed E-state index contributed by atoms with van der Waals surface area (Å²) in [7, 11) is 0. The van der Waals surface area contributed by atoms with Crippen LogP contribution in [0, 0.1) is 30.2 Å². The fraction of sp³-hybridized carbons (Fsp3) is 0.0400. The molecule has 0 fully saturated rings. The van der Waals surface area contributed by atoms with E-state index >= 15 is 0 Å². The van der Waals surface area contributed by atoms with Crippen molar-refractivity contribution in [2.75, 3.05) is 5.32 Å². The van der Waals surface area contributed by atoms with Crippen LogP contribution in [-0.2, 0) is 0 Å². The van der Waals surface area contributed by atoms with Gasteiger partial charge >= 0.3 is 0 Å². The summed E-state index contributed by atoms with van der Waals surface area (Å²) in [6.07, 6.45) is 2.99. The van der Waals surface area contributed by atoms with E-state index in [2.05, 4.69) is 20.4 Å². The van der Waals surface area contributed by atoms with Crippen molar-refractivity contribution >= 4 is 17.4 Å². The maximum atomic E-state index is 14.0. The second-order valence-electron chi connectivity index (χ2n) is 7.70. The SMILES string of the molecule is Cc1cc(-c2nc3cccnn3c2-c2ccnc(NC(=O)c3cc(F)c(F)cc3F)c2)ccc1F. The maximum absolute atomic E-state index is 14.0. The Bertz CT molecular complexity index is 1620. The fourth-order valence-electron chi connectivity index (χ4n) is 3.67. The Morgan fingerprint density at radius 2 is 1.66 bits per heavy atom. The molecule has 0 aliphatic rings. The van der Waals surface area contributed by atoms with Gasteiger partial charge in [-0.15, -0.1) is 0 Å². The summed E-state index contributed by atoms with van der Waals surface area (Å²) in [6, 6.07) is 12.0. The van der Waals surface area contributed by atoms with Crippen molar-refractivity contribution in [2.24, 2.45) is 0 Å². The molecule has 0 saturated heterocycles. The number of pyridine rings is 1. The maximum Gasteiger partial charge on any atom is 0.259 e. The summed E-state index contributed by atoms with van der Waals surface area (Å²) >= 11 is 0. The van der Waals surface area contributed by atoms with Crippen LogP contribution in [-0.4, -0.2) is 25.5 Å². The third-order valence-corrected chi connectivity index (χ3v) is 5.35. The standard InChI is InChI=1S/C25H15F4N5O/c1-13-9-14(4-5-17(13)26)23-24(34-22(33-23)3-2-7-31-34)15-6-8-30-21(10-15)32-25(35)16-11-19(28)20(29)12-18(16)27/h2-12H,1H3,(H,30,32,35). The second kappa shape index (κ2) is 8.64. The van der Waals surface area contributed by atoms with Crippen molar-refractivity contribution in [2.45, 2.75) is 6.92 Å². The molecule has 1 amide bonds. The van der Waals surface area contributed by atoms with Crippen LogP contribution in [0.25, 0.3) is 28.2 Å². The minimum Gasteiger partial charge on any atom is -0.306 e. The molecule has 5 aromatic rings. The van der Waals surface area contributed by atoms with Crippen LogP contribution >= 0.6 is 0 Å². The number of aromatic nitrogens is 4. The Hall–Kier alpha value is -4.60. The molecule has 0 spiro atoms. The van der Waals surface area contributed by atoms with Gasteiger partial charge < -0.3 is 5.32 Å². The zero-order valence-corrected chi connectivity index (χ0v) is 18.1. The molecule has 35 heavy (non-hydrogen) atoms. The van der Waals surface area contributed by atoms with Crippen LogP contribution in [0.5, 0.6) is 0 Å². The number of nitrogens with one attached hydrogen (secondary N) is 1. The van der Waals surface area contributed by atoms with Crippen molar-refractivity contribution in [1.29, 1.82) is 0 Å². The zero-order chi connectivity index (χ0) is 24.7. The Balaban J connectivity index is 1.58. The first kappa shape index (κ1) is 22.2. The van der Waals surface area contributed by atoms with E-state index in [0.29, 0.717) is 45.9 Å². The molecule has 1 N–H and O–H groups in total. The zero-order valence-electron chi connectivity index (χ0n) is 18.1. The molecule has 2 aromatic carbocycles. The Kier molecular flexibility index (Phi) is 5.48. The number of hydrogen-bond acceptors (Lipinski definition) is 4. The van der Waals surface area contributed by atoms with Crippen LogP contribution in [0.3, 0.4) is 0 Å². The van der Waals surface area contributed by atoms with Crippen LogP contribution in [0.15, 0.2) is 67.0 Å². The molecule has 0 bridgehead atoms. The molecule has 10 heteroatoms. The van der Waals surface area contributed by atoms with Crippen molar-refractivity contribution in [3.05, 3.63) is 101 Å². The number of fused-ring (bicyclic) bond motifs is 1. The number of benzene rings is 2. The van der Waals surface area contributed by atoms with E-state index in [1.54, 1.807) is 48.0 Å². The van der Waals surface area contributed by atoms with Crippen molar-refractivity contribution in [1.82, 2.24) is 19.6 Å². The molecule has 0 atom stereocenters. The highest BCUT2D eigenvalue weighted by Gasteiger charge is 2.20. The van der Waals surface area contributed by atoms with Gasteiger partial charge in [0.15, 0.2) is 17.3 Å². The third-order valence-electron chi connectivity index (χ3n) is 5.35. The first-order valence-electron chi connectivity index (χ1n) is 10.3. The quantitative estimate of drug-likeness (QED) is 0.271. The van der Waals surface area contributed by atoms with E-state index in [-0.39, 0.29) is 11.6 Å². The topological polar surface area (TPSA) is 72.2 Å². The van der Waals surface area contributed by atoms with Gasteiger partial charge in [-0.1, -0.05) is 0 Å². The third kappa shape index (κ3) is 4.10. The number of aryl methyl sites for hydroxylation is 1. The number of amides is 1. The molecule has 0 saturated carbocycles. The van der Waals surface area contributed by atoms with E-state index in [0.717, 1.165) is 0 Å². The molecule has 6 nitrogen and oxygen atoms in total. The highest BCUT2D eigenvalue weighted by atomic mass is 19.2. The lowest BCUT2D eigenvalue weighted by Crippen LogP contribution is -2.15. The lowest BCUT2D eigenvalue weighted by Gasteiger charge is -2.09. The lowest BCUT2D eigenvalue weighted by atomic mass is 10.0. The van der Waals surface area contributed by atoms with Crippen molar-refractivity contribution in [3.8, 4) is 22.5 Å². The van der Waals surface area contributed by atoms with E-state index < -0.39 is 28.9 Å². The number of anilines is 1. The normalized spacial score (nSPS) is 11.1. The number of hydrogen-bond donors (Lipinski definition) is 1. The van der Waals surface area contributed by atoms with Crippen LogP contribution in [0.1, 0.15) is 15.9 Å². The molecule has 3 aromatic heterocycles. The van der Waals surface area contributed by atoms with E-state index in [4.69, 9.17) is 0 Å². The fourth-order valence-corrected chi connectivity index (χ4v) is 3.67. The smallest absolute Gasteiger partial charge is 0.259 e. The highest BCUT2D eigenvalue weighted by Crippen LogP contribution is 2.33. The Labute approximate surface area is 195 Å². The monoisotopic (exact) mass is 477 g/mol.